The van der Waals surface area contributed by atoms with E-state index >= 15 is 0 Å². The second-order valence-corrected chi connectivity index (χ2v) is 5.75. The number of para-hydroxylation sites is 1. The van der Waals surface area contributed by atoms with Crippen LogP contribution in [-0.4, -0.2) is 32.1 Å². The van der Waals surface area contributed by atoms with Crippen molar-refractivity contribution in [1.29, 1.82) is 5.26 Å². The summed E-state index contributed by atoms with van der Waals surface area (Å²) in [6.07, 6.45) is -0.475. The second kappa shape index (κ2) is 6.49. The third kappa shape index (κ3) is 2.42. The minimum atomic E-state index is -1.88. The highest BCUT2D eigenvalue weighted by Crippen LogP contribution is 2.52. The summed E-state index contributed by atoms with van der Waals surface area (Å²) < 4.78 is 14.8. The van der Waals surface area contributed by atoms with Crippen molar-refractivity contribution in [1.82, 2.24) is 0 Å². The second-order valence-electron chi connectivity index (χ2n) is 5.75. The SMILES string of the molecule is COC(=O)CC1=C(C(=O)OC)[C@]2(C(=O)Nc3ccccc32)C(C#N)=C(N)O1. The van der Waals surface area contributed by atoms with Gasteiger partial charge in [-0.25, -0.2) is 4.79 Å². The molecule has 0 aliphatic carbocycles. The number of esters is 2. The van der Waals surface area contributed by atoms with Crippen molar-refractivity contribution >= 4 is 23.5 Å². The Morgan fingerprint density at radius 2 is 2.00 bits per heavy atom. The quantitative estimate of drug-likeness (QED) is 0.738. The van der Waals surface area contributed by atoms with Crippen LogP contribution < -0.4 is 11.1 Å². The van der Waals surface area contributed by atoms with E-state index in [4.69, 9.17) is 15.2 Å². The van der Waals surface area contributed by atoms with Gasteiger partial charge in [0, 0.05) is 11.3 Å². The van der Waals surface area contributed by atoms with Crippen molar-refractivity contribution in [2.45, 2.75) is 11.8 Å². The van der Waals surface area contributed by atoms with E-state index in [0.717, 1.165) is 14.2 Å². The van der Waals surface area contributed by atoms with E-state index in [2.05, 4.69) is 10.1 Å². The molecule has 0 saturated carbocycles. The van der Waals surface area contributed by atoms with Crippen LogP contribution >= 0.6 is 0 Å². The first-order chi connectivity index (χ1) is 12.9. The van der Waals surface area contributed by atoms with E-state index in [1.165, 1.54) is 0 Å². The molecule has 9 nitrogen and oxygen atoms in total. The number of hydrogen-bond acceptors (Lipinski definition) is 8. The first-order valence-electron chi connectivity index (χ1n) is 7.79. The van der Waals surface area contributed by atoms with Crippen molar-refractivity contribution in [2.75, 3.05) is 19.5 Å². The zero-order chi connectivity index (χ0) is 19.8. The lowest BCUT2D eigenvalue weighted by Crippen LogP contribution is -2.46. The number of rotatable bonds is 3. The fourth-order valence-corrected chi connectivity index (χ4v) is 3.34. The Labute approximate surface area is 154 Å². The van der Waals surface area contributed by atoms with E-state index in [1.807, 2.05) is 6.07 Å². The number of hydrogen-bond donors (Lipinski definition) is 2. The molecule has 1 atom stereocenters. The van der Waals surface area contributed by atoms with Gasteiger partial charge >= 0.3 is 11.9 Å². The predicted molar refractivity (Wildman–Crippen MR) is 90.3 cm³/mol. The first-order valence-corrected chi connectivity index (χ1v) is 7.79. The Morgan fingerprint density at radius 3 is 2.63 bits per heavy atom. The lowest BCUT2D eigenvalue weighted by atomic mass is 9.68. The molecule has 1 spiro atoms. The minimum absolute atomic E-state index is 0.211. The molecule has 2 aliphatic heterocycles. The molecule has 27 heavy (non-hydrogen) atoms. The van der Waals surface area contributed by atoms with Crippen molar-refractivity contribution in [3.63, 3.8) is 0 Å². The molecule has 0 radical (unpaired) electrons. The number of benzene rings is 1. The van der Waals surface area contributed by atoms with E-state index in [9.17, 15) is 19.6 Å². The lowest BCUT2D eigenvalue weighted by molar-refractivity contribution is -0.141. The average molecular weight is 369 g/mol. The monoisotopic (exact) mass is 369 g/mol. The number of carbonyl (C=O) groups is 3. The third-order valence-corrected chi connectivity index (χ3v) is 4.46. The fraction of sp³-hybridized carbons (Fsp3) is 0.222. The number of carbonyl (C=O) groups excluding carboxylic acids is 3. The van der Waals surface area contributed by atoms with Crippen molar-refractivity contribution in [2.24, 2.45) is 5.73 Å². The molecule has 0 unspecified atom stereocenters. The van der Waals surface area contributed by atoms with Gasteiger partial charge in [0.2, 0.25) is 11.8 Å². The zero-order valence-corrected chi connectivity index (χ0v) is 14.5. The number of nitriles is 1. The Hall–Kier alpha value is -3.80. The summed E-state index contributed by atoms with van der Waals surface area (Å²) in [5.41, 5.74) is 4.19. The van der Waals surface area contributed by atoms with Gasteiger partial charge in [0.05, 0.1) is 14.2 Å². The van der Waals surface area contributed by atoms with Crippen LogP contribution in [-0.2, 0) is 34.0 Å². The standard InChI is InChI=1S/C18H15N3O6/c1-25-13(22)7-12-14(16(23)26-2)18(10(8-19)15(20)27-12)9-5-3-4-6-11(9)21-17(18)24/h3-6H,7,20H2,1-2H3,(H,21,24)/t18-/m1/s1. The summed E-state index contributed by atoms with van der Waals surface area (Å²) in [6.45, 7) is 0. The van der Waals surface area contributed by atoms with Crippen LogP contribution in [0.1, 0.15) is 12.0 Å². The van der Waals surface area contributed by atoms with Gasteiger partial charge in [-0.2, -0.15) is 5.26 Å². The highest BCUT2D eigenvalue weighted by Gasteiger charge is 2.60. The lowest BCUT2D eigenvalue weighted by Gasteiger charge is -2.34. The highest BCUT2D eigenvalue weighted by molar-refractivity contribution is 6.17. The van der Waals surface area contributed by atoms with Crippen molar-refractivity contribution in [3.8, 4) is 6.07 Å². The molecule has 138 valence electrons. The van der Waals surface area contributed by atoms with Crippen LogP contribution in [0, 0.1) is 11.3 Å². The number of fused-ring (bicyclic) bond motifs is 2. The number of methoxy groups -OCH3 is 2. The summed E-state index contributed by atoms with van der Waals surface area (Å²) in [4.78, 5) is 37.6. The molecule has 0 bridgehead atoms. The topological polar surface area (TPSA) is 141 Å². The third-order valence-electron chi connectivity index (χ3n) is 4.46. The molecule has 3 rings (SSSR count). The smallest absolute Gasteiger partial charge is 0.339 e. The summed E-state index contributed by atoms with van der Waals surface area (Å²) in [5, 5.41) is 12.3. The molecule has 3 N–H and O–H groups in total. The van der Waals surface area contributed by atoms with E-state index < -0.39 is 29.7 Å². The van der Waals surface area contributed by atoms with Gasteiger partial charge in [0.25, 0.3) is 0 Å². The van der Waals surface area contributed by atoms with Crippen LogP contribution in [0.4, 0.5) is 5.69 Å². The van der Waals surface area contributed by atoms with Gasteiger partial charge in [-0.3, -0.25) is 9.59 Å². The minimum Gasteiger partial charge on any atom is -0.469 e. The fourth-order valence-electron chi connectivity index (χ4n) is 3.34. The van der Waals surface area contributed by atoms with Crippen molar-refractivity contribution in [3.05, 3.63) is 52.6 Å². The zero-order valence-electron chi connectivity index (χ0n) is 14.5. The summed E-state index contributed by atoms with van der Waals surface area (Å²) in [7, 11) is 2.28. The van der Waals surface area contributed by atoms with E-state index in [-0.39, 0.29) is 22.8 Å². The largest absolute Gasteiger partial charge is 0.469 e. The van der Waals surface area contributed by atoms with Gasteiger partial charge in [-0.1, -0.05) is 18.2 Å². The normalized spacial score (nSPS) is 20.6. The molecule has 1 amide bonds. The van der Waals surface area contributed by atoms with Gasteiger partial charge < -0.3 is 25.3 Å². The van der Waals surface area contributed by atoms with Crippen LogP contribution in [0.3, 0.4) is 0 Å². The predicted octanol–water partition coefficient (Wildman–Crippen LogP) is 0.591. The Kier molecular flexibility index (Phi) is 4.33. The van der Waals surface area contributed by atoms with Gasteiger partial charge in [-0.05, 0) is 6.07 Å². The Bertz CT molecular complexity index is 972. The first kappa shape index (κ1) is 18.0. The maximum atomic E-state index is 13.1. The van der Waals surface area contributed by atoms with Gasteiger partial charge in [0.1, 0.15) is 29.4 Å². The van der Waals surface area contributed by atoms with Crippen LogP contribution in [0.5, 0.6) is 0 Å². The number of amides is 1. The van der Waals surface area contributed by atoms with Gasteiger partial charge in [0.15, 0.2) is 5.41 Å². The Morgan fingerprint density at radius 1 is 1.30 bits per heavy atom. The molecule has 2 heterocycles. The molecular weight excluding hydrogens is 354 g/mol. The van der Waals surface area contributed by atoms with Crippen LogP contribution in [0.25, 0.3) is 0 Å². The summed E-state index contributed by atoms with van der Waals surface area (Å²) in [5.74, 6) is -2.91. The van der Waals surface area contributed by atoms with Crippen LogP contribution in [0.15, 0.2) is 47.1 Å². The molecular formula is C18H15N3O6. The highest BCUT2D eigenvalue weighted by atomic mass is 16.5. The van der Waals surface area contributed by atoms with Crippen molar-refractivity contribution < 1.29 is 28.6 Å². The molecule has 9 heteroatoms. The maximum absolute atomic E-state index is 13.1. The Balaban J connectivity index is 2.40. The van der Waals surface area contributed by atoms with Gasteiger partial charge in [-0.15, -0.1) is 0 Å². The molecule has 0 saturated heterocycles. The maximum Gasteiger partial charge on any atom is 0.339 e. The summed E-state index contributed by atoms with van der Waals surface area (Å²) in [6, 6.07) is 8.41. The van der Waals surface area contributed by atoms with Crippen LogP contribution in [0.2, 0.25) is 0 Å². The number of nitrogens with zero attached hydrogens (tertiary/aromatic N) is 1. The number of ether oxygens (including phenoxy) is 3. The summed E-state index contributed by atoms with van der Waals surface area (Å²) >= 11 is 0. The molecule has 2 aliphatic rings. The molecule has 0 aromatic heterocycles. The number of anilines is 1. The molecule has 1 aromatic carbocycles. The number of nitrogens with two attached hydrogens (primary N) is 1. The average Bonchev–Trinajstić information content (AvgIpc) is 2.94. The molecule has 0 fully saturated rings. The van der Waals surface area contributed by atoms with E-state index in [0.29, 0.717) is 11.3 Å². The van der Waals surface area contributed by atoms with E-state index in [1.54, 1.807) is 24.3 Å². The number of nitrogens with one attached hydrogen (secondary N) is 1. The molecule has 1 aromatic rings.